The van der Waals surface area contributed by atoms with Gasteiger partial charge in [0.05, 0.1) is 13.2 Å². The maximum atomic E-state index is 12.2. The van der Waals surface area contributed by atoms with Crippen LogP contribution in [0.1, 0.15) is 24.5 Å². The van der Waals surface area contributed by atoms with Crippen LogP contribution in [0.15, 0.2) is 18.2 Å². The second-order valence-electron chi connectivity index (χ2n) is 6.51. The summed E-state index contributed by atoms with van der Waals surface area (Å²) in [6, 6.07) is 5.86. The number of hydrogen-bond donors (Lipinski definition) is 1. The van der Waals surface area contributed by atoms with Crippen molar-refractivity contribution in [1.29, 1.82) is 0 Å². The number of ether oxygens (including phenoxy) is 1. The zero-order valence-electron chi connectivity index (χ0n) is 15.5. The first-order valence-corrected chi connectivity index (χ1v) is 8.89. The highest BCUT2D eigenvalue weighted by Gasteiger charge is 2.15. The molecule has 1 aromatic rings. The number of carbonyl (C=O) groups is 2. The molecule has 0 spiro atoms. The molecular formula is C19H29N3O3. The van der Waals surface area contributed by atoms with Gasteiger partial charge in [0.25, 0.3) is 0 Å². The molecule has 0 unspecified atom stereocenters. The standard InChI is InChI=1S/C19H29N3O3/c1-15-5-4-6-18(16(15)2)20-19(24)7-8-22(17(3)23)10-9-21-11-13-25-14-12-21/h4-6H,7-14H2,1-3H3,(H,20,24). The normalized spacial score (nSPS) is 15.0. The number of morpholine rings is 1. The van der Waals surface area contributed by atoms with E-state index in [1.54, 1.807) is 11.8 Å². The molecule has 0 radical (unpaired) electrons. The Morgan fingerprint density at radius 2 is 1.92 bits per heavy atom. The molecular weight excluding hydrogens is 318 g/mol. The summed E-state index contributed by atoms with van der Waals surface area (Å²) in [7, 11) is 0. The van der Waals surface area contributed by atoms with E-state index in [9.17, 15) is 9.59 Å². The molecule has 2 rings (SSSR count). The molecule has 25 heavy (non-hydrogen) atoms. The van der Waals surface area contributed by atoms with Crippen molar-refractivity contribution in [2.45, 2.75) is 27.2 Å². The predicted molar refractivity (Wildman–Crippen MR) is 98.7 cm³/mol. The van der Waals surface area contributed by atoms with Crippen LogP contribution in [0, 0.1) is 13.8 Å². The minimum atomic E-state index is -0.0636. The predicted octanol–water partition coefficient (Wildman–Crippen LogP) is 1.81. The van der Waals surface area contributed by atoms with Crippen molar-refractivity contribution in [2.75, 3.05) is 51.3 Å². The van der Waals surface area contributed by atoms with Gasteiger partial charge in [-0.2, -0.15) is 0 Å². The van der Waals surface area contributed by atoms with Crippen molar-refractivity contribution >= 4 is 17.5 Å². The monoisotopic (exact) mass is 347 g/mol. The third-order valence-corrected chi connectivity index (χ3v) is 4.72. The molecule has 0 bridgehead atoms. The molecule has 1 saturated heterocycles. The second kappa shape index (κ2) is 9.53. The Balaban J connectivity index is 1.80. The molecule has 0 aliphatic carbocycles. The summed E-state index contributed by atoms with van der Waals surface area (Å²) in [4.78, 5) is 28.1. The highest BCUT2D eigenvalue weighted by atomic mass is 16.5. The van der Waals surface area contributed by atoms with Gasteiger partial charge < -0.3 is 15.0 Å². The Bertz CT molecular complexity index is 598. The lowest BCUT2D eigenvalue weighted by molar-refractivity contribution is -0.129. The summed E-state index contributed by atoms with van der Waals surface area (Å²) in [6.45, 7) is 10.8. The van der Waals surface area contributed by atoms with Crippen molar-refractivity contribution in [3.05, 3.63) is 29.3 Å². The molecule has 1 aromatic carbocycles. The lowest BCUT2D eigenvalue weighted by atomic mass is 10.1. The highest BCUT2D eigenvalue weighted by molar-refractivity contribution is 5.92. The summed E-state index contributed by atoms with van der Waals surface area (Å²) < 4.78 is 5.33. The molecule has 0 aromatic heterocycles. The van der Waals surface area contributed by atoms with Gasteiger partial charge in [-0.15, -0.1) is 0 Å². The Kier molecular flexibility index (Phi) is 7.40. The van der Waals surface area contributed by atoms with Gasteiger partial charge in [0.2, 0.25) is 11.8 Å². The van der Waals surface area contributed by atoms with Gasteiger partial charge in [-0.1, -0.05) is 12.1 Å². The quantitative estimate of drug-likeness (QED) is 0.817. The van der Waals surface area contributed by atoms with Crippen LogP contribution in [0.3, 0.4) is 0 Å². The summed E-state index contributed by atoms with van der Waals surface area (Å²) >= 11 is 0. The number of rotatable bonds is 7. The first kappa shape index (κ1) is 19.4. The van der Waals surface area contributed by atoms with Crippen LogP contribution in [-0.2, 0) is 14.3 Å². The first-order valence-electron chi connectivity index (χ1n) is 8.89. The van der Waals surface area contributed by atoms with Crippen LogP contribution < -0.4 is 5.32 Å². The third kappa shape index (κ3) is 6.14. The minimum Gasteiger partial charge on any atom is -0.379 e. The van der Waals surface area contributed by atoms with Gasteiger partial charge in [-0.05, 0) is 31.0 Å². The zero-order chi connectivity index (χ0) is 18.2. The number of benzene rings is 1. The number of aryl methyl sites for hydroxylation is 1. The van der Waals surface area contributed by atoms with Crippen LogP contribution in [0.25, 0.3) is 0 Å². The number of amides is 2. The van der Waals surface area contributed by atoms with Crippen LogP contribution >= 0.6 is 0 Å². The topological polar surface area (TPSA) is 61.9 Å². The third-order valence-electron chi connectivity index (χ3n) is 4.72. The minimum absolute atomic E-state index is 0.00722. The molecule has 1 fully saturated rings. The van der Waals surface area contributed by atoms with Gasteiger partial charge in [-0.3, -0.25) is 14.5 Å². The van der Waals surface area contributed by atoms with E-state index in [4.69, 9.17) is 4.74 Å². The summed E-state index contributed by atoms with van der Waals surface area (Å²) in [5.74, 6) is -0.0564. The largest absolute Gasteiger partial charge is 0.379 e. The Labute approximate surface area is 150 Å². The molecule has 1 aliphatic heterocycles. The second-order valence-corrected chi connectivity index (χ2v) is 6.51. The van der Waals surface area contributed by atoms with Crippen molar-refractivity contribution in [3.8, 4) is 0 Å². The Morgan fingerprint density at radius 3 is 2.60 bits per heavy atom. The van der Waals surface area contributed by atoms with Crippen molar-refractivity contribution in [3.63, 3.8) is 0 Å². The fraction of sp³-hybridized carbons (Fsp3) is 0.579. The SMILES string of the molecule is CC(=O)N(CCC(=O)Nc1cccc(C)c1C)CCN1CCOCC1. The number of nitrogens with zero attached hydrogens (tertiary/aromatic N) is 2. The summed E-state index contributed by atoms with van der Waals surface area (Å²) in [6.07, 6.45) is 0.302. The molecule has 1 N–H and O–H groups in total. The van der Waals surface area contributed by atoms with E-state index in [0.717, 1.165) is 49.7 Å². The van der Waals surface area contributed by atoms with Crippen molar-refractivity contribution in [2.24, 2.45) is 0 Å². The molecule has 1 heterocycles. The van der Waals surface area contributed by atoms with E-state index >= 15 is 0 Å². The fourth-order valence-corrected chi connectivity index (χ4v) is 2.85. The van der Waals surface area contributed by atoms with E-state index in [2.05, 4.69) is 10.2 Å². The van der Waals surface area contributed by atoms with Crippen molar-refractivity contribution in [1.82, 2.24) is 9.80 Å². The lowest BCUT2D eigenvalue weighted by Crippen LogP contribution is -2.43. The van der Waals surface area contributed by atoms with Gasteiger partial charge in [0.1, 0.15) is 0 Å². The number of anilines is 1. The Hall–Kier alpha value is -1.92. The average Bonchev–Trinajstić information content (AvgIpc) is 2.59. The summed E-state index contributed by atoms with van der Waals surface area (Å²) in [5.41, 5.74) is 3.06. The van der Waals surface area contributed by atoms with E-state index in [0.29, 0.717) is 19.5 Å². The molecule has 138 valence electrons. The average molecular weight is 347 g/mol. The van der Waals surface area contributed by atoms with Crippen LogP contribution in [0.5, 0.6) is 0 Å². The molecule has 0 atom stereocenters. The van der Waals surface area contributed by atoms with Gasteiger partial charge >= 0.3 is 0 Å². The number of hydrogen-bond acceptors (Lipinski definition) is 4. The lowest BCUT2D eigenvalue weighted by Gasteiger charge is -2.29. The van der Waals surface area contributed by atoms with E-state index < -0.39 is 0 Å². The molecule has 2 amide bonds. The van der Waals surface area contributed by atoms with E-state index in [1.807, 2.05) is 32.0 Å². The van der Waals surface area contributed by atoms with Crippen LogP contribution in [-0.4, -0.2) is 67.6 Å². The molecule has 1 aliphatic rings. The van der Waals surface area contributed by atoms with Crippen molar-refractivity contribution < 1.29 is 14.3 Å². The Morgan fingerprint density at radius 1 is 1.20 bits per heavy atom. The van der Waals surface area contributed by atoms with Gasteiger partial charge in [-0.25, -0.2) is 0 Å². The summed E-state index contributed by atoms with van der Waals surface area (Å²) in [5, 5.41) is 2.95. The van der Waals surface area contributed by atoms with Crippen LogP contribution in [0.2, 0.25) is 0 Å². The first-order chi connectivity index (χ1) is 12.0. The fourth-order valence-electron chi connectivity index (χ4n) is 2.85. The maximum absolute atomic E-state index is 12.2. The van der Waals surface area contributed by atoms with Crippen LogP contribution in [0.4, 0.5) is 5.69 Å². The maximum Gasteiger partial charge on any atom is 0.226 e. The van der Waals surface area contributed by atoms with Gasteiger partial charge in [0.15, 0.2) is 0 Å². The van der Waals surface area contributed by atoms with E-state index in [1.165, 1.54) is 0 Å². The number of nitrogens with one attached hydrogen (secondary N) is 1. The number of carbonyl (C=O) groups excluding carboxylic acids is 2. The van der Waals surface area contributed by atoms with Gasteiger partial charge in [0, 0.05) is 51.8 Å². The smallest absolute Gasteiger partial charge is 0.226 e. The van der Waals surface area contributed by atoms with E-state index in [-0.39, 0.29) is 11.8 Å². The molecule has 6 heteroatoms. The molecule has 0 saturated carbocycles. The zero-order valence-corrected chi connectivity index (χ0v) is 15.5. The molecule has 6 nitrogen and oxygen atoms in total. The highest BCUT2D eigenvalue weighted by Crippen LogP contribution is 2.18.